The molecule has 2 aromatic rings. The largest absolute Gasteiger partial charge is 0.493 e. The van der Waals surface area contributed by atoms with E-state index in [1.165, 1.54) is 15.5 Å². The molecule has 172 valence electrons. The zero-order valence-electron chi connectivity index (χ0n) is 16.9. The molecule has 0 heterocycles. The van der Waals surface area contributed by atoms with E-state index in [1.54, 1.807) is 24.3 Å². The molecule has 0 bridgehead atoms. The summed E-state index contributed by atoms with van der Waals surface area (Å²) in [7, 11) is 1.25. The number of aliphatic hydroxyl groups is 1. The Morgan fingerprint density at radius 3 is 2.26 bits per heavy atom. The van der Waals surface area contributed by atoms with E-state index in [0.29, 0.717) is 28.5 Å². The molecule has 0 aromatic heterocycles. The van der Waals surface area contributed by atoms with E-state index in [4.69, 9.17) is 38.2 Å². The average Bonchev–Trinajstić information content (AvgIpc) is 2.69. The molecule has 0 radical (unpaired) electrons. The van der Waals surface area contributed by atoms with E-state index in [-0.39, 0.29) is 38.4 Å². The lowest BCUT2D eigenvalue weighted by Gasteiger charge is -2.25. The number of aryl methyl sites for hydroxylation is 2. The zero-order chi connectivity index (χ0) is 23.1. The highest BCUT2D eigenvalue weighted by Gasteiger charge is 2.35. The molecule has 0 aliphatic heterocycles. The molecular weight excluding hydrogens is 473 g/mol. The SMILES string of the molecule is NC(CO)(CCc1ccc(OCCCc2cc(Cl)cc(Cl)c2)c(C(F)(F)F)c1)CO[PH3+]. The Balaban J connectivity index is 2.02. The van der Waals surface area contributed by atoms with Crippen LogP contribution in [-0.2, 0) is 23.5 Å². The van der Waals surface area contributed by atoms with Gasteiger partial charge in [-0.25, -0.2) is 4.52 Å². The van der Waals surface area contributed by atoms with Crippen LogP contribution in [0, 0.1) is 0 Å². The van der Waals surface area contributed by atoms with Crippen LogP contribution in [0.4, 0.5) is 13.2 Å². The maximum Gasteiger partial charge on any atom is 0.419 e. The summed E-state index contributed by atoms with van der Waals surface area (Å²) in [5.74, 6) is -0.223. The van der Waals surface area contributed by atoms with Crippen molar-refractivity contribution >= 4 is 32.7 Å². The van der Waals surface area contributed by atoms with Crippen LogP contribution in [0.2, 0.25) is 10.0 Å². The van der Waals surface area contributed by atoms with Gasteiger partial charge in [-0.05, 0) is 67.1 Å². The molecule has 31 heavy (non-hydrogen) atoms. The molecular formula is C21H26Cl2F3NO3P+. The van der Waals surface area contributed by atoms with Gasteiger partial charge in [-0.1, -0.05) is 29.3 Å². The van der Waals surface area contributed by atoms with Crippen LogP contribution in [-0.4, -0.2) is 30.5 Å². The van der Waals surface area contributed by atoms with Gasteiger partial charge in [0.15, 0.2) is 0 Å². The van der Waals surface area contributed by atoms with Gasteiger partial charge in [0, 0.05) is 10.0 Å². The van der Waals surface area contributed by atoms with Gasteiger partial charge in [0.1, 0.15) is 21.8 Å². The van der Waals surface area contributed by atoms with E-state index in [1.807, 2.05) is 0 Å². The summed E-state index contributed by atoms with van der Waals surface area (Å²) < 4.78 is 51.1. The molecule has 0 saturated carbocycles. The lowest BCUT2D eigenvalue weighted by Crippen LogP contribution is -2.47. The Morgan fingerprint density at radius 2 is 1.68 bits per heavy atom. The summed E-state index contributed by atoms with van der Waals surface area (Å²) >= 11 is 11.9. The van der Waals surface area contributed by atoms with Crippen molar-refractivity contribution < 1.29 is 27.5 Å². The summed E-state index contributed by atoms with van der Waals surface area (Å²) in [6, 6.07) is 9.11. The predicted octanol–water partition coefficient (Wildman–Crippen LogP) is 5.19. The van der Waals surface area contributed by atoms with Gasteiger partial charge in [-0.3, -0.25) is 0 Å². The summed E-state index contributed by atoms with van der Waals surface area (Å²) in [4.78, 5) is 0. The standard InChI is InChI=1S/C21H26Cl2F3NO3P/c22-16-8-15(9-17(23)11-16)2-1-7-29-19-4-3-14(10-18(19)21(24,25)26)5-6-20(27,12-28)13-30-31/h3-4,8-11,28H,1-2,5-7,12-13,27H2,31H3/q+1. The first-order valence-corrected chi connectivity index (χ1v) is 10.9. The topological polar surface area (TPSA) is 64.7 Å². The summed E-state index contributed by atoms with van der Waals surface area (Å²) in [5, 5.41) is 10.5. The van der Waals surface area contributed by atoms with Crippen LogP contribution in [0.5, 0.6) is 5.75 Å². The van der Waals surface area contributed by atoms with E-state index < -0.39 is 17.3 Å². The average molecular weight is 499 g/mol. The normalized spacial score (nSPS) is 13.9. The summed E-state index contributed by atoms with van der Waals surface area (Å²) in [6.45, 7) is -0.0960. The van der Waals surface area contributed by atoms with E-state index >= 15 is 0 Å². The minimum Gasteiger partial charge on any atom is -0.493 e. The van der Waals surface area contributed by atoms with Crippen molar-refractivity contribution in [3.05, 3.63) is 63.1 Å². The van der Waals surface area contributed by atoms with Crippen LogP contribution < -0.4 is 10.5 Å². The number of rotatable bonds is 11. The van der Waals surface area contributed by atoms with Crippen molar-refractivity contribution in [3.63, 3.8) is 0 Å². The summed E-state index contributed by atoms with van der Waals surface area (Å²) in [6.07, 6.45) is -2.95. The molecule has 2 unspecified atom stereocenters. The van der Waals surface area contributed by atoms with Crippen LogP contribution in [0.25, 0.3) is 0 Å². The number of ether oxygens (including phenoxy) is 1. The van der Waals surface area contributed by atoms with E-state index in [2.05, 4.69) is 0 Å². The number of nitrogens with two attached hydrogens (primary N) is 1. The fourth-order valence-corrected chi connectivity index (χ4v) is 4.06. The monoisotopic (exact) mass is 498 g/mol. The van der Waals surface area contributed by atoms with Crippen molar-refractivity contribution in [1.82, 2.24) is 0 Å². The minimum absolute atomic E-state index is 0.109. The van der Waals surface area contributed by atoms with Gasteiger partial charge >= 0.3 is 6.18 Å². The molecule has 0 aliphatic rings. The first-order valence-electron chi connectivity index (χ1n) is 9.61. The lowest BCUT2D eigenvalue weighted by atomic mass is 9.93. The Labute approximate surface area is 192 Å². The number of halogens is 5. The fraction of sp³-hybridized carbons (Fsp3) is 0.429. The van der Waals surface area contributed by atoms with Crippen molar-refractivity contribution in [2.75, 3.05) is 19.8 Å². The Bertz CT molecular complexity index is 850. The Kier molecular flexibility index (Phi) is 9.87. The molecule has 2 rings (SSSR count). The maximum absolute atomic E-state index is 13.6. The van der Waals surface area contributed by atoms with Crippen LogP contribution in [0.15, 0.2) is 36.4 Å². The van der Waals surface area contributed by atoms with Crippen LogP contribution in [0.3, 0.4) is 0 Å². The van der Waals surface area contributed by atoms with Crippen molar-refractivity contribution in [1.29, 1.82) is 0 Å². The molecule has 4 nitrogen and oxygen atoms in total. The first kappa shape index (κ1) is 26.2. The molecule has 0 saturated heterocycles. The van der Waals surface area contributed by atoms with Crippen LogP contribution >= 0.6 is 32.7 Å². The maximum atomic E-state index is 13.6. The summed E-state index contributed by atoms with van der Waals surface area (Å²) in [5.41, 5.74) is 5.53. The van der Waals surface area contributed by atoms with E-state index in [9.17, 15) is 18.3 Å². The molecule has 0 spiro atoms. The third kappa shape index (κ3) is 8.41. The first-order chi connectivity index (χ1) is 14.6. The quantitative estimate of drug-likeness (QED) is 0.330. The molecule has 0 amide bonds. The molecule has 3 N–H and O–H groups in total. The number of alkyl halides is 3. The van der Waals surface area contributed by atoms with Gasteiger partial charge in [0.25, 0.3) is 0 Å². The minimum atomic E-state index is -4.56. The highest BCUT2D eigenvalue weighted by Crippen LogP contribution is 2.37. The highest BCUT2D eigenvalue weighted by atomic mass is 35.5. The number of benzene rings is 2. The van der Waals surface area contributed by atoms with Crippen molar-refractivity contribution in [3.8, 4) is 5.75 Å². The third-order valence-corrected chi connectivity index (χ3v) is 5.40. The van der Waals surface area contributed by atoms with Gasteiger partial charge in [0.2, 0.25) is 0 Å². The smallest absolute Gasteiger partial charge is 0.419 e. The molecule has 2 atom stereocenters. The molecule has 0 fully saturated rings. The predicted molar refractivity (Wildman–Crippen MR) is 121 cm³/mol. The van der Waals surface area contributed by atoms with Crippen molar-refractivity contribution in [2.45, 2.75) is 37.4 Å². The Morgan fingerprint density at radius 1 is 1.00 bits per heavy atom. The lowest BCUT2D eigenvalue weighted by molar-refractivity contribution is -0.139. The van der Waals surface area contributed by atoms with Crippen molar-refractivity contribution in [2.24, 2.45) is 5.73 Å². The van der Waals surface area contributed by atoms with Gasteiger partial charge in [-0.2, -0.15) is 13.2 Å². The van der Waals surface area contributed by atoms with Gasteiger partial charge in [0.05, 0.1) is 24.3 Å². The molecule has 2 aromatic carbocycles. The van der Waals surface area contributed by atoms with Crippen LogP contribution in [0.1, 0.15) is 29.5 Å². The third-order valence-electron chi connectivity index (χ3n) is 4.76. The second-order valence-electron chi connectivity index (χ2n) is 7.43. The number of hydrogen-bond donors (Lipinski definition) is 2. The highest BCUT2D eigenvalue weighted by molar-refractivity contribution is 7.09. The van der Waals surface area contributed by atoms with Gasteiger partial charge < -0.3 is 15.6 Å². The second kappa shape index (κ2) is 11.7. The number of aliphatic hydroxyl groups excluding tert-OH is 1. The molecule has 0 aliphatic carbocycles. The van der Waals surface area contributed by atoms with Gasteiger partial charge in [-0.15, -0.1) is 0 Å². The Hall–Kier alpha value is -1.08. The molecule has 10 heteroatoms. The second-order valence-corrected chi connectivity index (χ2v) is 8.71. The fourth-order valence-electron chi connectivity index (χ4n) is 3.09. The van der Waals surface area contributed by atoms with E-state index in [0.717, 1.165) is 11.6 Å². The zero-order valence-corrected chi connectivity index (χ0v) is 19.8. The number of hydrogen-bond acceptors (Lipinski definition) is 4.